The lowest BCUT2D eigenvalue weighted by atomic mass is 10.3. The fraction of sp³-hybridized carbons (Fsp3) is 0.444. The summed E-state index contributed by atoms with van der Waals surface area (Å²) in [6.07, 6.45) is -3.86. The SMILES string of the molecule is Cc1cc(/C(N)=N/O)nc(OCC(F)(F)C(F)F)n1. The van der Waals surface area contributed by atoms with Crippen LogP contribution in [0, 0.1) is 6.92 Å². The molecule has 0 amide bonds. The Morgan fingerprint density at radius 1 is 1.53 bits per heavy atom. The molecule has 10 heteroatoms. The van der Waals surface area contributed by atoms with E-state index in [-0.39, 0.29) is 11.4 Å². The first-order chi connectivity index (χ1) is 8.76. The van der Waals surface area contributed by atoms with Crippen LogP contribution in [0.3, 0.4) is 0 Å². The molecule has 0 atom stereocenters. The Hall–Kier alpha value is -2.13. The Morgan fingerprint density at radius 2 is 2.16 bits per heavy atom. The third-order valence-corrected chi connectivity index (χ3v) is 1.92. The van der Waals surface area contributed by atoms with Gasteiger partial charge >= 0.3 is 18.4 Å². The molecule has 0 bridgehead atoms. The van der Waals surface area contributed by atoms with Crippen molar-refractivity contribution in [2.24, 2.45) is 10.9 Å². The van der Waals surface area contributed by atoms with Gasteiger partial charge in [-0.2, -0.15) is 13.8 Å². The summed E-state index contributed by atoms with van der Waals surface area (Å²) in [7, 11) is 0. The summed E-state index contributed by atoms with van der Waals surface area (Å²) in [4.78, 5) is 7.15. The number of halogens is 4. The number of hydrogen-bond acceptors (Lipinski definition) is 5. The fourth-order valence-electron chi connectivity index (χ4n) is 1.01. The van der Waals surface area contributed by atoms with E-state index >= 15 is 0 Å². The number of hydrogen-bond donors (Lipinski definition) is 2. The molecular weight excluding hydrogens is 272 g/mol. The average Bonchev–Trinajstić information content (AvgIpc) is 2.34. The van der Waals surface area contributed by atoms with Crippen molar-refractivity contribution >= 4 is 5.84 Å². The standard InChI is InChI=1S/C9H10F4N4O2/c1-4-2-5(6(14)17-18)16-8(15-4)19-3-9(12,13)7(10)11/h2,7,18H,3H2,1H3,(H2,14,17). The topological polar surface area (TPSA) is 93.6 Å². The van der Waals surface area contributed by atoms with Gasteiger partial charge in [0.05, 0.1) is 0 Å². The number of nitrogens with zero attached hydrogens (tertiary/aromatic N) is 3. The van der Waals surface area contributed by atoms with E-state index in [1.807, 2.05) is 0 Å². The molecule has 0 aliphatic heterocycles. The molecule has 1 heterocycles. The van der Waals surface area contributed by atoms with Crippen molar-refractivity contribution < 1.29 is 27.5 Å². The minimum atomic E-state index is -4.32. The first-order valence-corrected chi connectivity index (χ1v) is 4.88. The Kier molecular flexibility index (Phi) is 4.46. The zero-order valence-corrected chi connectivity index (χ0v) is 9.65. The van der Waals surface area contributed by atoms with Gasteiger partial charge in [0.15, 0.2) is 12.4 Å². The summed E-state index contributed by atoms with van der Waals surface area (Å²) >= 11 is 0. The van der Waals surface area contributed by atoms with Gasteiger partial charge in [0.2, 0.25) is 0 Å². The molecule has 0 fully saturated rings. The van der Waals surface area contributed by atoms with E-state index in [2.05, 4.69) is 19.9 Å². The molecule has 19 heavy (non-hydrogen) atoms. The summed E-state index contributed by atoms with van der Waals surface area (Å²) < 4.78 is 53.5. The highest BCUT2D eigenvalue weighted by Crippen LogP contribution is 2.23. The molecule has 0 spiro atoms. The zero-order chi connectivity index (χ0) is 14.6. The van der Waals surface area contributed by atoms with E-state index in [1.165, 1.54) is 13.0 Å². The van der Waals surface area contributed by atoms with Crippen LogP contribution in [-0.4, -0.2) is 40.0 Å². The van der Waals surface area contributed by atoms with Gasteiger partial charge in [-0.15, -0.1) is 0 Å². The number of aromatic nitrogens is 2. The lowest BCUT2D eigenvalue weighted by molar-refractivity contribution is -0.149. The van der Waals surface area contributed by atoms with E-state index in [1.54, 1.807) is 0 Å². The van der Waals surface area contributed by atoms with Gasteiger partial charge in [0.25, 0.3) is 0 Å². The predicted molar refractivity (Wildman–Crippen MR) is 55.7 cm³/mol. The molecule has 1 rings (SSSR count). The van der Waals surface area contributed by atoms with Crippen molar-refractivity contribution in [3.63, 3.8) is 0 Å². The average molecular weight is 282 g/mol. The summed E-state index contributed by atoms with van der Waals surface area (Å²) in [5.74, 6) is -4.71. The number of alkyl halides is 4. The van der Waals surface area contributed by atoms with Gasteiger partial charge < -0.3 is 15.7 Å². The highest BCUT2D eigenvalue weighted by atomic mass is 19.3. The maximum Gasteiger partial charge on any atom is 0.340 e. The summed E-state index contributed by atoms with van der Waals surface area (Å²) in [5.41, 5.74) is 5.44. The summed E-state index contributed by atoms with van der Waals surface area (Å²) in [6.45, 7) is -0.113. The molecule has 0 aliphatic rings. The molecule has 0 radical (unpaired) electrons. The summed E-state index contributed by atoms with van der Waals surface area (Å²) in [6, 6.07) is 0.731. The zero-order valence-electron chi connectivity index (χ0n) is 9.65. The van der Waals surface area contributed by atoms with E-state index in [9.17, 15) is 17.6 Å². The lowest BCUT2D eigenvalue weighted by Gasteiger charge is -2.15. The molecule has 0 aromatic carbocycles. The van der Waals surface area contributed by atoms with Crippen LogP contribution in [0.15, 0.2) is 11.2 Å². The Labute approximate surface area is 104 Å². The second-order valence-corrected chi connectivity index (χ2v) is 3.51. The van der Waals surface area contributed by atoms with Crippen molar-refractivity contribution in [2.75, 3.05) is 6.61 Å². The molecule has 0 aliphatic carbocycles. The number of ether oxygens (including phenoxy) is 1. The van der Waals surface area contributed by atoms with Gasteiger partial charge in [-0.05, 0) is 13.0 Å². The Balaban J connectivity index is 2.88. The van der Waals surface area contributed by atoms with Crippen molar-refractivity contribution in [2.45, 2.75) is 19.3 Å². The second kappa shape index (κ2) is 5.67. The highest BCUT2D eigenvalue weighted by molar-refractivity contribution is 5.95. The number of nitrogens with two attached hydrogens (primary N) is 1. The van der Waals surface area contributed by atoms with Gasteiger partial charge in [0, 0.05) is 5.69 Å². The van der Waals surface area contributed by atoms with Gasteiger partial charge in [0.1, 0.15) is 5.69 Å². The van der Waals surface area contributed by atoms with Crippen LogP contribution in [0.5, 0.6) is 6.01 Å². The monoisotopic (exact) mass is 282 g/mol. The molecule has 6 nitrogen and oxygen atoms in total. The quantitative estimate of drug-likeness (QED) is 0.278. The maximum absolute atomic E-state index is 12.6. The van der Waals surface area contributed by atoms with Crippen molar-refractivity contribution in [3.8, 4) is 6.01 Å². The third kappa shape index (κ3) is 3.93. The Morgan fingerprint density at radius 3 is 2.68 bits per heavy atom. The number of oxime groups is 1. The van der Waals surface area contributed by atoms with E-state index < -0.39 is 30.8 Å². The number of amidine groups is 1. The predicted octanol–water partition coefficient (Wildman–Crippen LogP) is 1.16. The van der Waals surface area contributed by atoms with Crippen molar-refractivity contribution in [1.82, 2.24) is 9.97 Å². The molecule has 0 saturated heterocycles. The van der Waals surface area contributed by atoms with E-state index in [0.717, 1.165) is 0 Å². The fourth-order valence-corrected chi connectivity index (χ4v) is 1.01. The first kappa shape index (κ1) is 14.9. The highest BCUT2D eigenvalue weighted by Gasteiger charge is 2.42. The largest absolute Gasteiger partial charge is 0.457 e. The maximum atomic E-state index is 12.6. The van der Waals surface area contributed by atoms with Crippen LogP contribution in [0.25, 0.3) is 0 Å². The lowest BCUT2D eigenvalue weighted by Crippen LogP contribution is -2.34. The van der Waals surface area contributed by atoms with Gasteiger partial charge in [-0.1, -0.05) is 5.16 Å². The van der Waals surface area contributed by atoms with Crippen LogP contribution in [0.1, 0.15) is 11.4 Å². The third-order valence-electron chi connectivity index (χ3n) is 1.92. The van der Waals surface area contributed by atoms with Crippen LogP contribution < -0.4 is 10.5 Å². The van der Waals surface area contributed by atoms with E-state index in [4.69, 9.17) is 10.9 Å². The van der Waals surface area contributed by atoms with Crippen molar-refractivity contribution in [1.29, 1.82) is 0 Å². The minimum absolute atomic E-state index is 0.0784. The minimum Gasteiger partial charge on any atom is -0.457 e. The first-order valence-electron chi connectivity index (χ1n) is 4.88. The molecular formula is C9H10F4N4O2. The molecule has 1 aromatic rings. The second-order valence-electron chi connectivity index (χ2n) is 3.51. The molecule has 1 aromatic heterocycles. The molecule has 0 unspecified atom stereocenters. The van der Waals surface area contributed by atoms with Crippen LogP contribution in [0.4, 0.5) is 17.6 Å². The number of rotatable bonds is 5. The van der Waals surface area contributed by atoms with E-state index in [0.29, 0.717) is 0 Å². The molecule has 0 saturated carbocycles. The van der Waals surface area contributed by atoms with Gasteiger partial charge in [-0.25, -0.2) is 13.8 Å². The van der Waals surface area contributed by atoms with Crippen LogP contribution >= 0.6 is 0 Å². The smallest absolute Gasteiger partial charge is 0.340 e. The van der Waals surface area contributed by atoms with Crippen molar-refractivity contribution in [3.05, 3.63) is 17.5 Å². The summed E-state index contributed by atoms with van der Waals surface area (Å²) in [5, 5.41) is 11.1. The Bertz CT molecular complexity index is 481. The van der Waals surface area contributed by atoms with Crippen LogP contribution in [-0.2, 0) is 0 Å². The normalized spacial score (nSPS) is 12.8. The van der Waals surface area contributed by atoms with Gasteiger partial charge in [-0.3, -0.25) is 0 Å². The molecule has 106 valence electrons. The molecule has 3 N–H and O–H groups in total. The number of aryl methyl sites for hydroxylation is 1. The van der Waals surface area contributed by atoms with Crippen LogP contribution in [0.2, 0.25) is 0 Å².